The number of nitrogens with zero attached hydrogens (tertiary/aromatic N) is 1. The second-order valence-corrected chi connectivity index (χ2v) is 8.28. The fraction of sp³-hybridized carbons (Fsp3) is 0.231. The Kier molecular flexibility index (Phi) is 4.74. The normalized spacial score (nSPS) is 22.6. The molecule has 31 heavy (non-hydrogen) atoms. The van der Waals surface area contributed by atoms with Gasteiger partial charge in [0, 0.05) is 25.0 Å². The molecule has 1 aliphatic heterocycles. The highest BCUT2D eigenvalue weighted by molar-refractivity contribution is 6.00. The summed E-state index contributed by atoms with van der Waals surface area (Å²) < 4.78 is 5.74. The van der Waals surface area contributed by atoms with E-state index in [1.807, 2.05) is 30.3 Å². The number of hydrogen-bond acceptors (Lipinski definition) is 4. The molecule has 1 aliphatic carbocycles. The predicted octanol–water partition coefficient (Wildman–Crippen LogP) is 5.36. The van der Waals surface area contributed by atoms with Crippen LogP contribution >= 0.6 is 0 Å². The lowest BCUT2D eigenvalue weighted by atomic mass is 9.77. The Morgan fingerprint density at radius 1 is 1.06 bits per heavy atom. The van der Waals surface area contributed by atoms with E-state index in [0.717, 1.165) is 22.6 Å². The first-order valence-electron chi connectivity index (χ1n) is 10.5. The van der Waals surface area contributed by atoms with E-state index in [4.69, 9.17) is 4.42 Å². The number of ketones is 1. The molecule has 3 aromatic rings. The summed E-state index contributed by atoms with van der Waals surface area (Å²) in [4.78, 5) is 28.1. The third-order valence-corrected chi connectivity index (χ3v) is 6.20. The van der Waals surface area contributed by atoms with Crippen LogP contribution in [-0.2, 0) is 9.59 Å². The van der Waals surface area contributed by atoms with Crippen LogP contribution in [0.15, 0.2) is 83.1 Å². The summed E-state index contributed by atoms with van der Waals surface area (Å²) in [6, 6.07) is 19.1. The number of carbonyl (C=O) groups excluding carboxylic acids is 2. The fourth-order valence-corrected chi connectivity index (χ4v) is 4.75. The lowest BCUT2D eigenvalue weighted by Gasteiger charge is -2.35. The van der Waals surface area contributed by atoms with Gasteiger partial charge in [0.2, 0.25) is 5.91 Å². The van der Waals surface area contributed by atoms with Gasteiger partial charge in [-0.15, -0.1) is 0 Å². The third-order valence-electron chi connectivity index (χ3n) is 6.20. The lowest BCUT2D eigenvalue weighted by Crippen LogP contribution is -2.41. The number of fused-ring (bicyclic) bond motifs is 2. The van der Waals surface area contributed by atoms with Crippen LogP contribution in [-0.4, -0.2) is 11.7 Å². The van der Waals surface area contributed by atoms with Gasteiger partial charge in [0.15, 0.2) is 0 Å². The van der Waals surface area contributed by atoms with Crippen molar-refractivity contribution in [1.29, 1.82) is 0 Å². The van der Waals surface area contributed by atoms with Crippen molar-refractivity contribution in [2.75, 3.05) is 10.2 Å². The van der Waals surface area contributed by atoms with Crippen LogP contribution in [0.25, 0.3) is 0 Å². The first kappa shape index (κ1) is 19.4. The van der Waals surface area contributed by atoms with Gasteiger partial charge in [-0.2, -0.15) is 0 Å². The van der Waals surface area contributed by atoms with Gasteiger partial charge in [-0.3, -0.25) is 14.5 Å². The van der Waals surface area contributed by atoms with E-state index in [-0.39, 0.29) is 17.6 Å². The second kappa shape index (κ2) is 7.58. The number of nitrogens with one attached hydrogen (secondary N) is 1. The minimum atomic E-state index is -0.540. The minimum Gasteiger partial charge on any atom is -0.467 e. The zero-order valence-corrected chi connectivity index (χ0v) is 17.5. The molecule has 5 rings (SSSR count). The van der Waals surface area contributed by atoms with Crippen molar-refractivity contribution < 1.29 is 14.0 Å². The third kappa shape index (κ3) is 3.36. The molecule has 3 atom stereocenters. The second-order valence-electron chi connectivity index (χ2n) is 8.28. The maximum absolute atomic E-state index is 13.6. The van der Waals surface area contributed by atoms with Crippen LogP contribution in [0.5, 0.6) is 0 Å². The molecule has 1 N–H and O–H groups in total. The van der Waals surface area contributed by atoms with E-state index >= 15 is 0 Å². The average molecular weight is 412 g/mol. The Morgan fingerprint density at radius 3 is 2.55 bits per heavy atom. The molecule has 5 nitrogen and oxygen atoms in total. The predicted molar refractivity (Wildman–Crippen MR) is 120 cm³/mol. The Morgan fingerprint density at radius 2 is 1.84 bits per heavy atom. The number of aryl methyl sites for hydroxylation is 1. The number of amides is 1. The molecular formula is C26H24N2O3. The number of hydrogen-bond donors (Lipinski definition) is 1. The zero-order chi connectivity index (χ0) is 21.5. The number of para-hydroxylation sites is 2. The van der Waals surface area contributed by atoms with Gasteiger partial charge in [-0.05, 0) is 36.8 Å². The molecule has 2 aromatic carbocycles. The molecule has 0 spiro atoms. The van der Waals surface area contributed by atoms with Crippen LogP contribution in [0.1, 0.15) is 42.2 Å². The van der Waals surface area contributed by atoms with Crippen LogP contribution in [0.3, 0.4) is 0 Å². The first-order chi connectivity index (χ1) is 15.0. The summed E-state index contributed by atoms with van der Waals surface area (Å²) in [5.41, 5.74) is 4.67. The summed E-state index contributed by atoms with van der Waals surface area (Å²) in [6.45, 7) is 3.59. The van der Waals surface area contributed by atoms with Crippen molar-refractivity contribution in [1.82, 2.24) is 0 Å². The Bertz CT molecular complexity index is 1160. The van der Waals surface area contributed by atoms with E-state index in [0.29, 0.717) is 12.2 Å². The fourth-order valence-electron chi connectivity index (χ4n) is 4.75. The molecule has 2 heterocycles. The summed E-state index contributed by atoms with van der Waals surface area (Å²) in [5, 5.41) is 3.48. The van der Waals surface area contributed by atoms with Crippen molar-refractivity contribution >= 4 is 23.1 Å². The van der Waals surface area contributed by atoms with Crippen molar-refractivity contribution in [3.63, 3.8) is 0 Å². The SMILES string of the molecule is CC(=O)N1c2ccccc2NC2=CC(c3ccc(C)cc3)CC(=O)C2C1c1ccco1. The van der Waals surface area contributed by atoms with Gasteiger partial charge < -0.3 is 9.73 Å². The van der Waals surface area contributed by atoms with Crippen molar-refractivity contribution in [2.45, 2.75) is 32.2 Å². The molecule has 0 radical (unpaired) electrons. The molecule has 156 valence electrons. The van der Waals surface area contributed by atoms with Crippen LogP contribution < -0.4 is 10.2 Å². The van der Waals surface area contributed by atoms with Crippen molar-refractivity contribution in [2.24, 2.45) is 5.92 Å². The molecule has 0 saturated heterocycles. The Balaban J connectivity index is 1.69. The number of benzene rings is 2. The maximum Gasteiger partial charge on any atom is 0.224 e. The highest BCUT2D eigenvalue weighted by Gasteiger charge is 2.45. The topological polar surface area (TPSA) is 62.6 Å². The molecule has 0 fully saturated rings. The number of carbonyl (C=O) groups is 2. The first-order valence-corrected chi connectivity index (χ1v) is 10.5. The van der Waals surface area contributed by atoms with Gasteiger partial charge in [-0.25, -0.2) is 0 Å². The molecule has 5 heteroatoms. The lowest BCUT2D eigenvalue weighted by molar-refractivity contribution is -0.123. The number of furan rings is 1. The highest BCUT2D eigenvalue weighted by Crippen LogP contribution is 2.47. The standard InChI is InChI=1S/C26H24N2O3/c1-16-9-11-18(12-10-16)19-14-21-25(23(30)15-19)26(24-8-5-13-31-24)28(17(2)29)22-7-4-3-6-20(22)27-21/h3-14,19,25-27H,15H2,1-2H3. The zero-order valence-electron chi connectivity index (χ0n) is 17.5. The van der Waals surface area contributed by atoms with Crippen molar-refractivity contribution in [3.05, 3.63) is 95.6 Å². The van der Waals surface area contributed by atoms with E-state index < -0.39 is 12.0 Å². The van der Waals surface area contributed by atoms with Crippen LogP contribution in [0.2, 0.25) is 0 Å². The number of Topliss-reactive ketones (excluding diaryl/α,β-unsaturated/α-hetero) is 1. The summed E-state index contributed by atoms with van der Waals surface area (Å²) in [7, 11) is 0. The molecule has 2 aliphatic rings. The average Bonchev–Trinajstić information content (AvgIpc) is 3.23. The van der Waals surface area contributed by atoms with Gasteiger partial charge >= 0.3 is 0 Å². The molecule has 1 aromatic heterocycles. The number of allylic oxidation sites excluding steroid dienone is 1. The highest BCUT2D eigenvalue weighted by atomic mass is 16.3. The molecule has 1 amide bonds. The van der Waals surface area contributed by atoms with Crippen LogP contribution in [0.4, 0.5) is 11.4 Å². The molecule has 3 unspecified atom stereocenters. The summed E-state index contributed by atoms with van der Waals surface area (Å²) in [5.74, 6) is 0.0254. The Hall–Kier alpha value is -3.60. The van der Waals surface area contributed by atoms with Crippen LogP contribution in [0, 0.1) is 12.8 Å². The van der Waals surface area contributed by atoms with Gasteiger partial charge in [0.05, 0.1) is 23.6 Å². The number of anilines is 2. The minimum absolute atomic E-state index is 0.0138. The maximum atomic E-state index is 13.6. The van der Waals surface area contributed by atoms with Gasteiger partial charge in [0.1, 0.15) is 17.6 Å². The van der Waals surface area contributed by atoms with Crippen molar-refractivity contribution in [3.8, 4) is 0 Å². The van der Waals surface area contributed by atoms with Gasteiger partial charge in [0.25, 0.3) is 0 Å². The smallest absolute Gasteiger partial charge is 0.224 e. The summed E-state index contributed by atoms with van der Waals surface area (Å²) in [6.07, 6.45) is 4.12. The quantitative estimate of drug-likeness (QED) is 0.615. The molecule has 0 bridgehead atoms. The van der Waals surface area contributed by atoms with E-state index in [2.05, 4.69) is 42.6 Å². The molecule has 0 saturated carbocycles. The largest absolute Gasteiger partial charge is 0.467 e. The monoisotopic (exact) mass is 412 g/mol. The number of rotatable bonds is 2. The summed E-state index contributed by atoms with van der Waals surface area (Å²) >= 11 is 0. The van der Waals surface area contributed by atoms with E-state index in [1.165, 1.54) is 12.5 Å². The van der Waals surface area contributed by atoms with E-state index in [9.17, 15) is 9.59 Å². The van der Waals surface area contributed by atoms with Gasteiger partial charge in [-0.1, -0.05) is 48.0 Å². The Labute approximate surface area is 181 Å². The van der Waals surface area contributed by atoms with E-state index in [1.54, 1.807) is 17.2 Å². The molecular weight excluding hydrogens is 388 g/mol.